The zero-order valence-corrected chi connectivity index (χ0v) is 16.8. The van der Waals surface area contributed by atoms with Crippen LogP contribution in [0.4, 0.5) is 0 Å². The van der Waals surface area contributed by atoms with Crippen LogP contribution in [0.15, 0.2) is 36.9 Å². The molecule has 0 spiro atoms. The predicted octanol–water partition coefficient (Wildman–Crippen LogP) is 2.86. The molecular weight excluding hydrogens is 427 g/mol. The number of nitrogens with zero attached hydrogens (tertiary/aromatic N) is 2. The Hall–Kier alpha value is -0.870. The average Bonchev–Trinajstić information content (AvgIpc) is 3.15. The maximum atomic E-state index is 11.2. The van der Waals surface area contributed by atoms with Crippen molar-refractivity contribution in [3.8, 4) is 0 Å². The van der Waals surface area contributed by atoms with Gasteiger partial charge in [0.25, 0.3) is 10.1 Å². The van der Waals surface area contributed by atoms with Crippen LogP contribution >= 0.6 is 35.6 Å². The lowest BCUT2D eigenvalue weighted by Crippen LogP contribution is -2.34. The lowest BCUT2D eigenvalue weighted by atomic mass is 10.1. The fraction of sp³-hybridized carbons (Fsp3) is 0.400. The molecule has 1 saturated heterocycles. The number of hydrogen-bond acceptors (Lipinski definition) is 6. The quantitative estimate of drug-likeness (QED) is 0.639. The summed E-state index contributed by atoms with van der Waals surface area (Å²) in [6.45, 7) is 0.294. The fourth-order valence-corrected chi connectivity index (χ4v) is 3.53. The van der Waals surface area contributed by atoms with Gasteiger partial charge in [-0.05, 0) is 12.1 Å². The number of hydrogen-bond donors (Lipinski definition) is 0. The van der Waals surface area contributed by atoms with Crippen LogP contribution in [0.25, 0.3) is 0 Å². The first kappa shape index (κ1) is 21.4. The summed E-state index contributed by atoms with van der Waals surface area (Å²) in [5.74, 6) is -1.20. The van der Waals surface area contributed by atoms with Crippen molar-refractivity contribution in [2.75, 3.05) is 19.5 Å². The zero-order valence-electron chi connectivity index (χ0n) is 13.7. The third-order valence-corrected chi connectivity index (χ3v) is 4.73. The van der Waals surface area contributed by atoms with Crippen LogP contribution < -0.4 is 0 Å². The molecule has 0 saturated carbocycles. The highest BCUT2D eigenvalue weighted by molar-refractivity contribution is 7.85. The van der Waals surface area contributed by atoms with Gasteiger partial charge in [0.15, 0.2) is 0 Å². The highest BCUT2D eigenvalue weighted by atomic mass is 35.5. The molecule has 1 aromatic carbocycles. The largest absolute Gasteiger partial charge is 0.342 e. The average molecular weight is 444 g/mol. The van der Waals surface area contributed by atoms with Crippen molar-refractivity contribution in [2.45, 2.75) is 18.4 Å². The summed E-state index contributed by atoms with van der Waals surface area (Å²) in [6, 6.07) is 5.01. The van der Waals surface area contributed by atoms with Crippen LogP contribution in [-0.4, -0.2) is 43.5 Å². The number of rotatable bonds is 6. The monoisotopic (exact) mass is 442 g/mol. The summed E-state index contributed by atoms with van der Waals surface area (Å²) >= 11 is 12.3. The fourth-order valence-electron chi connectivity index (χ4n) is 2.57. The smallest absolute Gasteiger partial charge is 0.264 e. The maximum Gasteiger partial charge on any atom is 0.264 e. The van der Waals surface area contributed by atoms with E-state index in [0.717, 1.165) is 6.26 Å². The summed E-state index contributed by atoms with van der Waals surface area (Å²) in [5, 5.41) is 0.874. The number of imidazole rings is 1. The molecule has 1 aliphatic heterocycles. The Kier molecular flexibility index (Phi) is 6.95. The molecule has 144 valence electrons. The summed E-state index contributed by atoms with van der Waals surface area (Å²) in [5.41, 5.74) is 0.592. The van der Waals surface area contributed by atoms with E-state index in [1.165, 1.54) is 0 Å². The van der Waals surface area contributed by atoms with E-state index in [9.17, 15) is 8.42 Å². The Morgan fingerprint density at radius 3 is 2.81 bits per heavy atom. The van der Waals surface area contributed by atoms with Crippen LogP contribution in [0.2, 0.25) is 10.0 Å². The minimum Gasteiger partial charge on any atom is -0.342 e. The second-order valence-corrected chi connectivity index (χ2v) is 8.14. The topological polar surface area (TPSA) is 79.7 Å². The molecule has 1 aromatic heterocycles. The van der Waals surface area contributed by atoms with E-state index in [1.807, 2.05) is 0 Å². The van der Waals surface area contributed by atoms with E-state index in [0.29, 0.717) is 15.6 Å². The van der Waals surface area contributed by atoms with Gasteiger partial charge in [0.05, 0.1) is 37.4 Å². The van der Waals surface area contributed by atoms with Gasteiger partial charge in [0.1, 0.15) is 6.10 Å². The Morgan fingerprint density at radius 1 is 1.42 bits per heavy atom. The molecule has 0 aliphatic carbocycles. The first-order chi connectivity index (χ1) is 11.8. The van der Waals surface area contributed by atoms with Gasteiger partial charge in [-0.1, -0.05) is 29.3 Å². The molecule has 0 amide bonds. The van der Waals surface area contributed by atoms with Crippen molar-refractivity contribution in [1.29, 1.82) is 0 Å². The van der Waals surface area contributed by atoms with Crippen molar-refractivity contribution in [3.05, 3.63) is 52.5 Å². The molecule has 3 rings (SSSR count). The minimum atomic E-state index is -3.57. The normalized spacial score (nSPS) is 23.0. The molecule has 0 radical (unpaired) electrons. The highest BCUT2D eigenvalue weighted by Crippen LogP contribution is 2.40. The summed E-state index contributed by atoms with van der Waals surface area (Å²) in [4.78, 5) is 4.01. The second kappa shape index (κ2) is 8.43. The molecule has 1 fully saturated rings. The van der Waals surface area contributed by atoms with Gasteiger partial charge < -0.3 is 14.0 Å². The lowest BCUT2D eigenvalue weighted by Gasteiger charge is -2.29. The standard InChI is InChI=1S/C15H16Cl2N2O5S.ClH/c1-25(20,21)23-8-12-7-22-15(24-12,9-19-5-4-18-10-19)13-3-2-11(16)6-14(13)17;/h2-6,10,12H,7-9H2,1H3;1H/t12-,15+;/m1./s1. The SMILES string of the molecule is CS(=O)(=O)OC[C@H]1CO[C@](Cn2ccnc2)(c2ccc(Cl)cc2Cl)O1.Cl. The van der Waals surface area contributed by atoms with E-state index in [4.69, 9.17) is 36.9 Å². The molecule has 2 heterocycles. The number of benzene rings is 1. The number of halogens is 3. The Balaban J connectivity index is 0.00000243. The van der Waals surface area contributed by atoms with Gasteiger partial charge in [-0.25, -0.2) is 4.98 Å². The van der Waals surface area contributed by atoms with Crippen LogP contribution in [0, 0.1) is 0 Å². The van der Waals surface area contributed by atoms with Crippen molar-refractivity contribution < 1.29 is 22.1 Å². The molecule has 2 atom stereocenters. The summed E-state index contributed by atoms with van der Waals surface area (Å²) < 4.78 is 41.0. The summed E-state index contributed by atoms with van der Waals surface area (Å²) in [7, 11) is -3.57. The molecule has 26 heavy (non-hydrogen) atoms. The van der Waals surface area contributed by atoms with Crippen LogP contribution in [0.1, 0.15) is 5.56 Å². The minimum absolute atomic E-state index is 0. The molecule has 2 aromatic rings. The van der Waals surface area contributed by atoms with E-state index < -0.39 is 22.0 Å². The van der Waals surface area contributed by atoms with Crippen molar-refractivity contribution in [1.82, 2.24) is 9.55 Å². The van der Waals surface area contributed by atoms with Gasteiger partial charge >= 0.3 is 0 Å². The van der Waals surface area contributed by atoms with E-state index >= 15 is 0 Å². The lowest BCUT2D eigenvalue weighted by molar-refractivity contribution is -0.189. The van der Waals surface area contributed by atoms with Gasteiger partial charge in [-0.3, -0.25) is 4.18 Å². The molecule has 7 nitrogen and oxygen atoms in total. The summed E-state index contributed by atoms with van der Waals surface area (Å²) in [6.07, 6.45) is 5.44. The molecular formula is C15H17Cl3N2O5S. The third kappa shape index (κ3) is 5.10. The van der Waals surface area contributed by atoms with Gasteiger partial charge in [-0.2, -0.15) is 8.42 Å². The number of aromatic nitrogens is 2. The molecule has 0 bridgehead atoms. The first-order valence-electron chi connectivity index (χ1n) is 7.35. The van der Waals surface area contributed by atoms with Gasteiger partial charge in [0.2, 0.25) is 5.79 Å². The predicted molar refractivity (Wildman–Crippen MR) is 99.2 cm³/mol. The second-order valence-electron chi connectivity index (χ2n) is 5.65. The zero-order chi connectivity index (χ0) is 18.1. The Morgan fingerprint density at radius 2 is 2.19 bits per heavy atom. The van der Waals surface area contributed by atoms with E-state index in [2.05, 4.69) is 4.98 Å². The van der Waals surface area contributed by atoms with Crippen LogP contribution in [-0.2, 0) is 36.1 Å². The van der Waals surface area contributed by atoms with E-state index in [1.54, 1.807) is 41.5 Å². The van der Waals surface area contributed by atoms with Crippen molar-refractivity contribution in [3.63, 3.8) is 0 Å². The van der Waals surface area contributed by atoms with Crippen molar-refractivity contribution in [2.24, 2.45) is 0 Å². The van der Waals surface area contributed by atoms with Crippen molar-refractivity contribution >= 4 is 45.7 Å². The van der Waals surface area contributed by atoms with Gasteiger partial charge in [-0.15, -0.1) is 12.4 Å². The first-order valence-corrected chi connectivity index (χ1v) is 9.92. The van der Waals surface area contributed by atoms with Crippen LogP contribution in [0.5, 0.6) is 0 Å². The highest BCUT2D eigenvalue weighted by Gasteiger charge is 2.45. The van der Waals surface area contributed by atoms with E-state index in [-0.39, 0.29) is 32.2 Å². The third-order valence-electron chi connectivity index (χ3n) is 3.62. The maximum absolute atomic E-state index is 11.2. The van der Waals surface area contributed by atoms with Crippen LogP contribution in [0.3, 0.4) is 0 Å². The molecule has 0 N–H and O–H groups in total. The van der Waals surface area contributed by atoms with Gasteiger partial charge in [0, 0.05) is 23.0 Å². The molecule has 0 unspecified atom stereocenters. The molecule has 11 heteroatoms. The Labute approximate surface area is 167 Å². The Bertz CT molecular complexity index is 847. The molecule has 1 aliphatic rings. The number of ether oxygens (including phenoxy) is 2.